The molecule has 4 N–H and O–H groups in total. The molecule has 0 radical (unpaired) electrons. The van der Waals surface area contributed by atoms with Gasteiger partial charge in [-0.3, -0.25) is 9.59 Å². The molecule has 1 aromatic rings. The molecule has 0 bridgehead atoms. The lowest BCUT2D eigenvalue weighted by Gasteiger charge is -2.21. The van der Waals surface area contributed by atoms with E-state index >= 15 is 0 Å². The van der Waals surface area contributed by atoms with Crippen LogP contribution in [0, 0.1) is 5.92 Å². The lowest BCUT2D eigenvalue weighted by atomic mass is 9.98. The van der Waals surface area contributed by atoms with Crippen molar-refractivity contribution in [3.63, 3.8) is 0 Å². The average molecular weight is 261 g/mol. The van der Waals surface area contributed by atoms with Crippen molar-refractivity contribution < 1.29 is 9.59 Å². The molecule has 2 amide bonds. The summed E-state index contributed by atoms with van der Waals surface area (Å²) in [6.07, 6.45) is 1.06. The van der Waals surface area contributed by atoms with Gasteiger partial charge in [-0.05, 0) is 17.5 Å². The fourth-order valence-electron chi connectivity index (χ4n) is 2.08. The molecule has 0 spiro atoms. The minimum Gasteiger partial charge on any atom is -0.355 e. The molecular weight excluding hydrogens is 242 g/mol. The Hall–Kier alpha value is -1.88. The van der Waals surface area contributed by atoms with Gasteiger partial charge in [0.15, 0.2) is 0 Å². The number of benzene rings is 1. The molecule has 19 heavy (non-hydrogen) atoms. The SMILES string of the molecule is NCc1ccc(CNC(=O)C2CCC(=O)NC2)cc1. The molecule has 1 fully saturated rings. The Morgan fingerprint density at radius 1 is 1.32 bits per heavy atom. The largest absolute Gasteiger partial charge is 0.355 e. The van der Waals surface area contributed by atoms with Crippen LogP contribution in [0.1, 0.15) is 24.0 Å². The summed E-state index contributed by atoms with van der Waals surface area (Å²) in [4.78, 5) is 22.9. The number of rotatable bonds is 4. The van der Waals surface area contributed by atoms with Gasteiger partial charge in [0, 0.05) is 26.1 Å². The standard InChI is InChI=1S/C14H19N3O2/c15-7-10-1-3-11(4-2-10)8-17-14(19)12-5-6-13(18)16-9-12/h1-4,12H,5-9,15H2,(H,16,18)(H,17,19). The van der Waals surface area contributed by atoms with Crippen molar-refractivity contribution in [1.29, 1.82) is 0 Å². The first-order chi connectivity index (χ1) is 9.19. The van der Waals surface area contributed by atoms with E-state index in [9.17, 15) is 9.59 Å². The van der Waals surface area contributed by atoms with Crippen LogP contribution in [0.2, 0.25) is 0 Å². The predicted molar refractivity (Wildman–Crippen MR) is 71.9 cm³/mol. The average Bonchev–Trinajstić information content (AvgIpc) is 2.46. The van der Waals surface area contributed by atoms with E-state index in [1.807, 2.05) is 24.3 Å². The van der Waals surface area contributed by atoms with E-state index in [4.69, 9.17) is 5.73 Å². The fraction of sp³-hybridized carbons (Fsp3) is 0.429. The van der Waals surface area contributed by atoms with Gasteiger partial charge in [-0.25, -0.2) is 0 Å². The lowest BCUT2D eigenvalue weighted by Crippen LogP contribution is -2.42. The van der Waals surface area contributed by atoms with Gasteiger partial charge in [0.2, 0.25) is 11.8 Å². The Morgan fingerprint density at radius 3 is 2.58 bits per heavy atom. The number of hydrogen-bond acceptors (Lipinski definition) is 3. The van der Waals surface area contributed by atoms with Crippen LogP contribution in [0.15, 0.2) is 24.3 Å². The van der Waals surface area contributed by atoms with Gasteiger partial charge in [-0.15, -0.1) is 0 Å². The number of amides is 2. The maximum Gasteiger partial charge on any atom is 0.225 e. The summed E-state index contributed by atoms with van der Waals surface area (Å²) < 4.78 is 0. The molecule has 0 aromatic heterocycles. The second kappa shape index (κ2) is 6.33. The summed E-state index contributed by atoms with van der Waals surface area (Å²) >= 11 is 0. The number of nitrogens with two attached hydrogens (primary N) is 1. The van der Waals surface area contributed by atoms with E-state index in [0.29, 0.717) is 32.5 Å². The minimum atomic E-state index is -0.110. The Bertz CT molecular complexity index is 446. The molecule has 5 heteroatoms. The van der Waals surface area contributed by atoms with Crippen LogP contribution in [0.4, 0.5) is 0 Å². The first-order valence-corrected chi connectivity index (χ1v) is 6.51. The summed E-state index contributed by atoms with van der Waals surface area (Å²) in [7, 11) is 0. The zero-order valence-electron chi connectivity index (χ0n) is 10.8. The third-order valence-corrected chi connectivity index (χ3v) is 3.36. The molecule has 2 rings (SSSR count). The van der Waals surface area contributed by atoms with Crippen LogP contribution in [-0.2, 0) is 22.7 Å². The molecule has 1 heterocycles. The van der Waals surface area contributed by atoms with E-state index in [1.165, 1.54) is 0 Å². The highest BCUT2D eigenvalue weighted by Crippen LogP contribution is 2.11. The third kappa shape index (κ3) is 3.79. The Labute approximate surface area is 112 Å². The molecular formula is C14H19N3O2. The molecule has 1 unspecified atom stereocenters. The van der Waals surface area contributed by atoms with Crippen LogP contribution in [0.5, 0.6) is 0 Å². The van der Waals surface area contributed by atoms with Crippen LogP contribution in [-0.4, -0.2) is 18.4 Å². The molecule has 1 aliphatic heterocycles. The van der Waals surface area contributed by atoms with Gasteiger partial charge in [0.05, 0.1) is 5.92 Å². The number of piperidine rings is 1. The highest BCUT2D eigenvalue weighted by Gasteiger charge is 2.23. The van der Waals surface area contributed by atoms with Gasteiger partial charge in [0.1, 0.15) is 0 Å². The first kappa shape index (κ1) is 13.5. The Balaban J connectivity index is 1.80. The van der Waals surface area contributed by atoms with E-state index in [0.717, 1.165) is 11.1 Å². The number of carbonyl (C=O) groups is 2. The van der Waals surface area contributed by atoms with Gasteiger partial charge < -0.3 is 16.4 Å². The summed E-state index contributed by atoms with van der Waals surface area (Å²) in [5, 5.41) is 5.61. The third-order valence-electron chi connectivity index (χ3n) is 3.36. The highest BCUT2D eigenvalue weighted by atomic mass is 16.2. The van der Waals surface area contributed by atoms with Crippen molar-refractivity contribution in [2.75, 3.05) is 6.54 Å². The molecule has 0 saturated carbocycles. The van der Waals surface area contributed by atoms with E-state index in [1.54, 1.807) is 0 Å². The smallest absolute Gasteiger partial charge is 0.225 e. The van der Waals surface area contributed by atoms with Crippen molar-refractivity contribution in [3.05, 3.63) is 35.4 Å². The van der Waals surface area contributed by atoms with Crippen molar-refractivity contribution in [1.82, 2.24) is 10.6 Å². The van der Waals surface area contributed by atoms with Crippen molar-refractivity contribution in [3.8, 4) is 0 Å². The van der Waals surface area contributed by atoms with Gasteiger partial charge in [0.25, 0.3) is 0 Å². The fourth-order valence-corrected chi connectivity index (χ4v) is 2.08. The van der Waals surface area contributed by atoms with Gasteiger partial charge in [-0.2, -0.15) is 0 Å². The lowest BCUT2D eigenvalue weighted by molar-refractivity contribution is -0.129. The molecule has 1 saturated heterocycles. The predicted octanol–water partition coefficient (Wildman–Crippen LogP) is 0.288. The maximum atomic E-state index is 11.9. The van der Waals surface area contributed by atoms with Crippen molar-refractivity contribution in [2.24, 2.45) is 11.7 Å². The quantitative estimate of drug-likeness (QED) is 0.728. The number of carbonyl (C=O) groups excluding carboxylic acids is 2. The summed E-state index contributed by atoms with van der Waals surface area (Å²) in [5.74, 6) is -0.0784. The van der Waals surface area contributed by atoms with Crippen LogP contribution in [0.3, 0.4) is 0 Å². The van der Waals surface area contributed by atoms with Crippen molar-refractivity contribution >= 4 is 11.8 Å². The zero-order chi connectivity index (χ0) is 13.7. The Morgan fingerprint density at radius 2 is 2.00 bits per heavy atom. The summed E-state index contributed by atoms with van der Waals surface area (Å²) in [5.41, 5.74) is 7.65. The van der Waals surface area contributed by atoms with Gasteiger partial charge in [-0.1, -0.05) is 24.3 Å². The maximum absolute atomic E-state index is 11.9. The normalized spacial score (nSPS) is 18.8. The first-order valence-electron chi connectivity index (χ1n) is 6.51. The second-order valence-electron chi connectivity index (χ2n) is 4.78. The van der Waals surface area contributed by atoms with E-state index < -0.39 is 0 Å². The van der Waals surface area contributed by atoms with Crippen LogP contribution < -0.4 is 16.4 Å². The topological polar surface area (TPSA) is 84.2 Å². The second-order valence-corrected chi connectivity index (χ2v) is 4.78. The number of hydrogen-bond donors (Lipinski definition) is 3. The summed E-state index contributed by atoms with van der Waals surface area (Å²) in [6.45, 7) is 1.47. The minimum absolute atomic E-state index is 0.00269. The number of nitrogens with one attached hydrogen (secondary N) is 2. The summed E-state index contributed by atoms with van der Waals surface area (Å²) in [6, 6.07) is 7.85. The molecule has 1 atom stereocenters. The van der Waals surface area contributed by atoms with Crippen molar-refractivity contribution in [2.45, 2.75) is 25.9 Å². The van der Waals surface area contributed by atoms with E-state index in [2.05, 4.69) is 10.6 Å². The molecule has 5 nitrogen and oxygen atoms in total. The molecule has 0 aliphatic carbocycles. The van der Waals surface area contributed by atoms with Gasteiger partial charge >= 0.3 is 0 Å². The van der Waals surface area contributed by atoms with Crippen LogP contribution in [0.25, 0.3) is 0 Å². The van der Waals surface area contributed by atoms with E-state index in [-0.39, 0.29) is 17.7 Å². The zero-order valence-corrected chi connectivity index (χ0v) is 10.8. The Kier molecular flexibility index (Phi) is 4.52. The molecule has 1 aromatic carbocycles. The van der Waals surface area contributed by atoms with Crippen LogP contribution >= 0.6 is 0 Å². The molecule has 102 valence electrons. The highest BCUT2D eigenvalue weighted by molar-refractivity contribution is 5.83. The monoisotopic (exact) mass is 261 g/mol. The molecule has 1 aliphatic rings.